The number of benzene rings is 1. The lowest BCUT2D eigenvalue weighted by Crippen LogP contribution is -2.40. The standard InChI is InChI=1S/C19H26N4O3/c1-22(2)17-4-3-7-23(17)13-10-15-18(19(24)21-12-20-15)16(11-13)26-14-5-8-25-9-6-14/h10-12,14,17H,3-9H2,1-2H3,(H,20,21,24). The molecule has 2 fully saturated rings. The summed E-state index contributed by atoms with van der Waals surface area (Å²) >= 11 is 0. The number of nitrogens with zero attached hydrogens (tertiary/aromatic N) is 3. The van der Waals surface area contributed by atoms with Crippen molar-refractivity contribution in [3.8, 4) is 5.75 Å². The smallest absolute Gasteiger partial charge is 0.262 e. The summed E-state index contributed by atoms with van der Waals surface area (Å²) < 4.78 is 11.7. The molecule has 1 aromatic heterocycles. The zero-order chi connectivity index (χ0) is 18.1. The number of rotatable bonds is 4. The van der Waals surface area contributed by atoms with Gasteiger partial charge in [-0.05, 0) is 33.0 Å². The first-order valence-electron chi connectivity index (χ1n) is 9.32. The molecule has 1 unspecified atom stereocenters. The first-order chi connectivity index (χ1) is 12.6. The van der Waals surface area contributed by atoms with Crippen LogP contribution >= 0.6 is 0 Å². The van der Waals surface area contributed by atoms with Crippen molar-refractivity contribution in [3.63, 3.8) is 0 Å². The molecule has 7 heteroatoms. The van der Waals surface area contributed by atoms with E-state index in [2.05, 4.69) is 33.9 Å². The number of aromatic nitrogens is 2. The molecule has 0 spiro atoms. The topological polar surface area (TPSA) is 70.7 Å². The second kappa shape index (κ2) is 7.25. The van der Waals surface area contributed by atoms with Crippen LogP contribution in [0.3, 0.4) is 0 Å². The third kappa shape index (κ3) is 3.29. The van der Waals surface area contributed by atoms with Gasteiger partial charge in [0.2, 0.25) is 0 Å². The van der Waals surface area contributed by atoms with Gasteiger partial charge in [0.1, 0.15) is 17.2 Å². The van der Waals surface area contributed by atoms with E-state index >= 15 is 0 Å². The molecule has 0 radical (unpaired) electrons. The van der Waals surface area contributed by atoms with Crippen molar-refractivity contribution in [1.29, 1.82) is 0 Å². The first kappa shape index (κ1) is 17.3. The summed E-state index contributed by atoms with van der Waals surface area (Å²) in [4.78, 5) is 24.1. The lowest BCUT2D eigenvalue weighted by molar-refractivity contribution is 0.0261. The summed E-state index contributed by atoms with van der Waals surface area (Å²) in [5.41, 5.74) is 1.58. The van der Waals surface area contributed by atoms with Crippen LogP contribution in [0.15, 0.2) is 23.3 Å². The largest absolute Gasteiger partial charge is 0.489 e. The summed E-state index contributed by atoms with van der Waals surface area (Å²) in [6.45, 7) is 2.39. The molecule has 0 amide bonds. The van der Waals surface area contributed by atoms with Crippen LogP contribution < -0.4 is 15.2 Å². The van der Waals surface area contributed by atoms with Gasteiger partial charge in [0.15, 0.2) is 0 Å². The number of hydrogen-bond acceptors (Lipinski definition) is 6. The van der Waals surface area contributed by atoms with Gasteiger partial charge >= 0.3 is 0 Å². The van der Waals surface area contributed by atoms with Crippen LogP contribution in [0.5, 0.6) is 5.75 Å². The van der Waals surface area contributed by atoms with E-state index in [4.69, 9.17) is 9.47 Å². The molecule has 4 rings (SSSR count). The molecule has 26 heavy (non-hydrogen) atoms. The quantitative estimate of drug-likeness (QED) is 0.901. The van der Waals surface area contributed by atoms with Crippen LogP contribution in [0.1, 0.15) is 25.7 Å². The van der Waals surface area contributed by atoms with Crippen molar-refractivity contribution >= 4 is 16.6 Å². The van der Waals surface area contributed by atoms with E-state index < -0.39 is 0 Å². The zero-order valence-corrected chi connectivity index (χ0v) is 15.4. The predicted molar refractivity (Wildman–Crippen MR) is 101 cm³/mol. The number of aromatic amines is 1. The maximum atomic E-state index is 12.4. The van der Waals surface area contributed by atoms with Crippen molar-refractivity contribution in [2.75, 3.05) is 38.8 Å². The van der Waals surface area contributed by atoms with Gasteiger partial charge in [-0.1, -0.05) is 0 Å². The second-order valence-corrected chi connectivity index (χ2v) is 7.28. The van der Waals surface area contributed by atoms with Crippen LogP contribution in [0.25, 0.3) is 10.9 Å². The van der Waals surface area contributed by atoms with Gasteiger partial charge < -0.3 is 19.4 Å². The van der Waals surface area contributed by atoms with Crippen molar-refractivity contribution < 1.29 is 9.47 Å². The highest BCUT2D eigenvalue weighted by molar-refractivity contribution is 5.88. The molecule has 0 saturated carbocycles. The molecule has 7 nitrogen and oxygen atoms in total. The molecule has 2 saturated heterocycles. The predicted octanol–water partition coefficient (Wildman–Crippen LogP) is 1.97. The molecule has 3 heterocycles. The minimum absolute atomic E-state index is 0.0741. The van der Waals surface area contributed by atoms with Gasteiger partial charge in [0.25, 0.3) is 5.56 Å². The lowest BCUT2D eigenvalue weighted by atomic mass is 10.1. The van der Waals surface area contributed by atoms with Crippen LogP contribution in [-0.2, 0) is 4.74 Å². The molecular weight excluding hydrogens is 332 g/mol. The Balaban J connectivity index is 1.76. The fourth-order valence-corrected chi connectivity index (χ4v) is 3.97. The third-order valence-corrected chi connectivity index (χ3v) is 5.30. The van der Waals surface area contributed by atoms with E-state index in [1.54, 1.807) is 0 Å². The monoisotopic (exact) mass is 358 g/mol. The van der Waals surface area contributed by atoms with Crippen molar-refractivity contribution in [1.82, 2.24) is 14.9 Å². The summed E-state index contributed by atoms with van der Waals surface area (Å²) in [5.74, 6) is 0.628. The fourth-order valence-electron chi connectivity index (χ4n) is 3.97. The number of hydrogen-bond donors (Lipinski definition) is 1. The minimum Gasteiger partial charge on any atom is -0.489 e. The number of ether oxygens (including phenoxy) is 2. The van der Waals surface area contributed by atoms with E-state index in [-0.39, 0.29) is 11.7 Å². The summed E-state index contributed by atoms with van der Waals surface area (Å²) in [6, 6.07) is 4.01. The highest BCUT2D eigenvalue weighted by Crippen LogP contribution is 2.34. The Hall–Kier alpha value is -2.12. The lowest BCUT2D eigenvalue weighted by Gasteiger charge is -2.32. The normalized spacial score (nSPS) is 21.7. The Morgan fingerprint density at radius 3 is 2.85 bits per heavy atom. The zero-order valence-electron chi connectivity index (χ0n) is 15.4. The van der Waals surface area contributed by atoms with Gasteiger partial charge in [0.05, 0.1) is 31.2 Å². The third-order valence-electron chi connectivity index (χ3n) is 5.30. The molecular formula is C19H26N4O3. The molecule has 140 valence electrons. The van der Waals surface area contributed by atoms with Gasteiger partial charge in [0, 0.05) is 31.1 Å². The molecule has 0 aliphatic carbocycles. The number of anilines is 1. The summed E-state index contributed by atoms with van der Waals surface area (Å²) in [5, 5.41) is 0.531. The summed E-state index contributed by atoms with van der Waals surface area (Å²) in [6.07, 6.45) is 5.85. The van der Waals surface area contributed by atoms with Gasteiger partial charge in [-0.25, -0.2) is 4.98 Å². The number of fused-ring (bicyclic) bond motifs is 1. The van der Waals surface area contributed by atoms with Gasteiger partial charge in [-0.2, -0.15) is 0 Å². The van der Waals surface area contributed by atoms with Crippen LogP contribution in [0.2, 0.25) is 0 Å². The maximum Gasteiger partial charge on any atom is 0.262 e. The van der Waals surface area contributed by atoms with Gasteiger partial charge in [-0.15, -0.1) is 0 Å². The molecule has 2 aliphatic heterocycles. The number of nitrogens with one attached hydrogen (secondary N) is 1. The molecule has 2 aromatic rings. The van der Waals surface area contributed by atoms with Crippen LogP contribution in [0.4, 0.5) is 5.69 Å². The Morgan fingerprint density at radius 1 is 1.27 bits per heavy atom. The maximum absolute atomic E-state index is 12.4. The van der Waals surface area contributed by atoms with E-state index in [1.165, 1.54) is 6.33 Å². The van der Waals surface area contributed by atoms with E-state index in [1.807, 2.05) is 12.1 Å². The second-order valence-electron chi connectivity index (χ2n) is 7.28. The molecule has 2 aliphatic rings. The van der Waals surface area contributed by atoms with Crippen LogP contribution in [-0.4, -0.2) is 61.0 Å². The van der Waals surface area contributed by atoms with Crippen molar-refractivity contribution in [2.24, 2.45) is 0 Å². The van der Waals surface area contributed by atoms with Gasteiger partial charge in [-0.3, -0.25) is 9.69 Å². The fraction of sp³-hybridized carbons (Fsp3) is 0.579. The van der Waals surface area contributed by atoms with Crippen LogP contribution in [0, 0.1) is 0 Å². The Bertz CT molecular complexity index is 829. The average molecular weight is 358 g/mol. The van der Waals surface area contributed by atoms with E-state index in [0.717, 1.165) is 37.9 Å². The Kier molecular flexibility index (Phi) is 4.82. The highest BCUT2D eigenvalue weighted by Gasteiger charge is 2.28. The number of H-pyrrole nitrogens is 1. The molecule has 1 N–H and O–H groups in total. The summed E-state index contributed by atoms with van der Waals surface area (Å²) in [7, 11) is 4.21. The Morgan fingerprint density at radius 2 is 2.08 bits per heavy atom. The molecule has 1 aromatic carbocycles. The molecule has 1 atom stereocenters. The average Bonchev–Trinajstić information content (AvgIpc) is 3.12. The highest BCUT2D eigenvalue weighted by atomic mass is 16.5. The SMILES string of the molecule is CN(C)C1CCCN1c1cc(OC2CCOCC2)c2c(=O)[nH]cnc2c1. The molecule has 0 bridgehead atoms. The first-order valence-corrected chi connectivity index (χ1v) is 9.32. The Labute approximate surface area is 152 Å². The van der Waals surface area contributed by atoms with E-state index in [0.29, 0.717) is 36.0 Å². The minimum atomic E-state index is -0.158. The van der Waals surface area contributed by atoms with E-state index in [9.17, 15) is 4.79 Å². The van der Waals surface area contributed by atoms with Crippen molar-refractivity contribution in [3.05, 3.63) is 28.8 Å². The van der Waals surface area contributed by atoms with Crippen molar-refractivity contribution in [2.45, 2.75) is 38.0 Å².